The highest BCUT2D eigenvalue weighted by Crippen LogP contribution is 2.47. The average Bonchev–Trinajstić information content (AvgIpc) is 2.71. The van der Waals surface area contributed by atoms with Crippen molar-refractivity contribution in [2.45, 2.75) is 24.0 Å². The minimum absolute atomic E-state index is 0.368. The molecule has 78 valence electrons. The predicted octanol–water partition coefficient (Wildman–Crippen LogP) is 0.459. The Morgan fingerprint density at radius 2 is 2.29 bits per heavy atom. The summed E-state index contributed by atoms with van der Waals surface area (Å²) in [5, 5.41) is 7.58. The van der Waals surface area contributed by atoms with Gasteiger partial charge < -0.3 is 0 Å². The van der Waals surface area contributed by atoms with Gasteiger partial charge in [0.25, 0.3) is 0 Å². The summed E-state index contributed by atoms with van der Waals surface area (Å²) in [6, 6.07) is 0. The van der Waals surface area contributed by atoms with Gasteiger partial charge in [0.2, 0.25) is 9.05 Å². The number of hydrogen-bond donors (Lipinski definition) is 0. The van der Waals surface area contributed by atoms with Crippen LogP contribution in [0, 0.1) is 0 Å². The summed E-state index contributed by atoms with van der Waals surface area (Å²) >= 11 is 0. The fourth-order valence-corrected chi connectivity index (χ4v) is 2.99. The van der Waals surface area contributed by atoms with Crippen molar-refractivity contribution < 1.29 is 8.42 Å². The summed E-state index contributed by atoms with van der Waals surface area (Å²) in [7, 11) is 3.62. The summed E-state index contributed by atoms with van der Waals surface area (Å²) in [6.07, 6.45) is 3.32. The number of hydrogen-bond acceptors (Lipinski definition) is 4. The van der Waals surface area contributed by atoms with Crippen LogP contribution in [0.4, 0.5) is 0 Å². The maximum atomic E-state index is 11.2. The largest absolute Gasteiger partial charge is 0.255 e. The molecule has 1 heterocycles. The van der Waals surface area contributed by atoms with E-state index in [0.29, 0.717) is 25.0 Å². The molecule has 0 saturated heterocycles. The van der Waals surface area contributed by atoms with Gasteiger partial charge in [0.1, 0.15) is 0 Å². The number of nitrogens with zero attached hydrogens (tertiary/aromatic N) is 3. The molecule has 0 unspecified atom stereocenters. The van der Waals surface area contributed by atoms with E-state index in [4.69, 9.17) is 10.7 Å². The van der Waals surface area contributed by atoms with Crippen LogP contribution in [0.3, 0.4) is 0 Å². The maximum Gasteiger partial charge on any atom is 0.238 e. The van der Waals surface area contributed by atoms with Crippen LogP contribution < -0.4 is 0 Å². The highest BCUT2D eigenvalue weighted by Gasteiger charge is 2.54. The number of aromatic nitrogens is 3. The van der Waals surface area contributed by atoms with Crippen molar-refractivity contribution in [3.8, 4) is 0 Å². The molecule has 0 atom stereocenters. The lowest BCUT2D eigenvalue weighted by atomic mass is 10.2. The van der Waals surface area contributed by atoms with Crippen molar-refractivity contribution in [1.82, 2.24) is 15.0 Å². The molecule has 0 aliphatic heterocycles. The molecule has 14 heavy (non-hydrogen) atoms. The highest BCUT2D eigenvalue weighted by molar-refractivity contribution is 8.15. The molecule has 1 aromatic rings. The van der Waals surface area contributed by atoms with Crippen LogP contribution in [-0.2, 0) is 22.5 Å². The Hall–Kier alpha value is -0.620. The zero-order chi connectivity index (χ0) is 10.4. The Balaban J connectivity index is 2.20. The maximum absolute atomic E-state index is 11.2. The summed E-state index contributed by atoms with van der Waals surface area (Å²) in [5.41, 5.74) is 0.675. The molecule has 0 aromatic carbocycles. The predicted molar refractivity (Wildman–Crippen MR) is 51.4 cm³/mol. The average molecular weight is 236 g/mol. The molecular formula is C7H10ClN3O2S. The lowest BCUT2D eigenvalue weighted by Crippen LogP contribution is -2.21. The van der Waals surface area contributed by atoms with E-state index in [0.717, 1.165) is 0 Å². The van der Waals surface area contributed by atoms with Crippen molar-refractivity contribution in [1.29, 1.82) is 0 Å². The highest BCUT2D eigenvalue weighted by atomic mass is 35.7. The lowest BCUT2D eigenvalue weighted by Gasteiger charge is -2.07. The SMILES string of the molecule is Cn1cc(CC2(S(=O)(=O)Cl)CC2)nn1. The third-order valence-corrected chi connectivity index (χ3v) is 5.05. The van der Waals surface area contributed by atoms with Gasteiger partial charge >= 0.3 is 0 Å². The molecule has 1 aliphatic carbocycles. The number of rotatable bonds is 3. The normalized spacial score (nSPS) is 19.6. The van der Waals surface area contributed by atoms with Gasteiger partial charge in [0.15, 0.2) is 0 Å². The third-order valence-electron chi connectivity index (χ3n) is 2.48. The fourth-order valence-electron chi connectivity index (χ4n) is 1.45. The molecule has 5 nitrogen and oxygen atoms in total. The van der Waals surface area contributed by atoms with E-state index in [1.165, 1.54) is 0 Å². The molecule has 0 radical (unpaired) electrons. The van der Waals surface area contributed by atoms with E-state index in [1.807, 2.05) is 0 Å². The molecule has 1 saturated carbocycles. The van der Waals surface area contributed by atoms with Gasteiger partial charge in [-0.1, -0.05) is 5.21 Å². The fraction of sp³-hybridized carbons (Fsp3) is 0.714. The number of aryl methyl sites for hydroxylation is 1. The Morgan fingerprint density at radius 1 is 1.64 bits per heavy atom. The molecule has 0 amide bonds. The van der Waals surface area contributed by atoms with E-state index >= 15 is 0 Å². The van der Waals surface area contributed by atoms with Crippen LogP contribution in [0.2, 0.25) is 0 Å². The van der Waals surface area contributed by atoms with Crippen molar-refractivity contribution >= 4 is 19.7 Å². The van der Waals surface area contributed by atoms with E-state index < -0.39 is 13.8 Å². The molecule has 0 bridgehead atoms. The molecular weight excluding hydrogens is 226 g/mol. The molecule has 1 aliphatic rings. The lowest BCUT2D eigenvalue weighted by molar-refractivity contribution is 0.589. The molecule has 7 heteroatoms. The van der Waals surface area contributed by atoms with Crippen LogP contribution in [-0.4, -0.2) is 28.2 Å². The van der Waals surface area contributed by atoms with Gasteiger partial charge in [-0.05, 0) is 12.8 Å². The standard InChI is InChI=1S/C7H10ClN3O2S/c1-11-5-6(9-10-11)4-7(2-3-7)14(8,12)13/h5H,2-4H2,1H3. The van der Waals surface area contributed by atoms with Crippen molar-refractivity contribution in [3.63, 3.8) is 0 Å². The summed E-state index contributed by atoms with van der Waals surface area (Å²) in [6.45, 7) is 0. The Kier molecular flexibility index (Phi) is 2.08. The summed E-state index contributed by atoms with van der Waals surface area (Å²) in [5.74, 6) is 0. The second kappa shape index (κ2) is 2.93. The van der Waals surface area contributed by atoms with Crippen molar-refractivity contribution in [2.75, 3.05) is 0 Å². The minimum Gasteiger partial charge on any atom is -0.255 e. The first-order valence-corrected chi connectivity index (χ1v) is 6.53. The molecule has 0 spiro atoms. The summed E-state index contributed by atoms with van der Waals surface area (Å²) < 4.78 is 23.2. The van der Waals surface area contributed by atoms with E-state index in [1.54, 1.807) is 17.9 Å². The molecule has 1 aromatic heterocycles. The Labute approximate surface area is 86.5 Å². The monoisotopic (exact) mass is 235 g/mol. The van der Waals surface area contributed by atoms with Gasteiger partial charge in [-0.15, -0.1) is 5.10 Å². The minimum atomic E-state index is -3.49. The zero-order valence-corrected chi connectivity index (χ0v) is 9.22. The first-order valence-electron chi connectivity index (χ1n) is 4.22. The second-order valence-electron chi connectivity index (χ2n) is 3.68. The first-order chi connectivity index (χ1) is 6.43. The van der Waals surface area contributed by atoms with E-state index in [9.17, 15) is 8.42 Å². The molecule has 1 fully saturated rings. The van der Waals surface area contributed by atoms with Crippen LogP contribution in [0.1, 0.15) is 18.5 Å². The van der Waals surface area contributed by atoms with E-state index in [2.05, 4.69) is 10.3 Å². The van der Waals surface area contributed by atoms with Crippen molar-refractivity contribution in [2.24, 2.45) is 7.05 Å². The number of halogens is 1. The van der Waals surface area contributed by atoms with Crippen LogP contribution in [0.25, 0.3) is 0 Å². The van der Waals surface area contributed by atoms with Crippen LogP contribution in [0.5, 0.6) is 0 Å². The zero-order valence-electron chi connectivity index (χ0n) is 7.64. The van der Waals surface area contributed by atoms with E-state index in [-0.39, 0.29) is 0 Å². The first kappa shape index (κ1) is 9.92. The quantitative estimate of drug-likeness (QED) is 0.714. The summed E-state index contributed by atoms with van der Waals surface area (Å²) in [4.78, 5) is 0. The van der Waals surface area contributed by atoms with Crippen LogP contribution >= 0.6 is 10.7 Å². The van der Waals surface area contributed by atoms with Crippen molar-refractivity contribution in [3.05, 3.63) is 11.9 Å². The van der Waals surface area contributed by atoms with Gasteiger partial charge in [0, 0.05) is 30.3 Å². The van der Waals surface area contributed by atoms with Gasteiger partial charge in [-0.25, -0.2) is 8.42 Å². The van der Waals surface area contributed by atoms with Gasteiger partial charge in [-0.2, -0.15) is 0 Å². The van der Waals surface area contributed by atoms with Crippen LogP contribution in [0.15, 0.2) is 6.20 Å². The molecule has 0 N–H and O–H groups in total. The third kappa shape index (κ3) is 1.64. The second-order valence-corrected chi connectivity index (χ2v) is 6.64. The van der Waals surface area contributed by atoms with Gasteiger partial charge in [-0.3, -0.25) is 4.68 Å². The Bertz CT molecular complexity index is 449. The smallest absolute Gasteiger partial charge is 0.238 e. The molecule has 2 rings (SSSR count). The topological polar surface area (TPSA) is 64.8 Å². The van der Waals surface area contributed by atoms with Gasteiger partial charge in [0.05, 0.1) is 10.4 Å². The Morgan fingerprint density at radius 3 is 2.64 bits per heavy atom.